The van der Waals surface area contributed by atoms with E-state index in [1.54, 1.807) is 30.6 Å². The number of fused-ring (bicyclic) bond motifs is 1. The molecule has 2 N–H and O–H groups in total. The van der Waals surface area contributed by atoms with Crippen molar-refractivity contribution in [3.05, 3.63) is 59.7 Å². The number of aromatic nitrogens is 3. The predicted octanol–water partition coefficient (Wildman–Crippen LogP) is 3.57. The number of imidazole rings is 1. The number of nitrogens with one attached hydrogen (secondary N) is 1. The van der Waals surface area contributed by atoms with Gasteiger partial charge >= 0.3 is 0 Å². The van der Waals surface area contributed by atoms with Crippen molar-refractivity contribution >= 4 is 23.7 Å². The summed E-state index contributed by atoms with van der Waals surface area (Å²) in [6.07, 6.45) is 5.13. The fourth-order valence-electron chi connectivity index (χ4n) is 2.42. The number of pyridine rings is 1. The maximum Gasteiger partial charge on any atom is 0.237 e. The molecule has 23 heavy (non-hydrogen) atoms. The molecule has 3 heterocycles. The number of halogens is 1. The van der Waals surface area contributed by atoms with Gasteiger partial charge in [-0.05, 0) is 42.5 Å². The van der Waals surface area contributed by atoms with Crippen LogP contribution in [0.15, 0.2) is 47.6 Å². The third-order valence-electron chi connectivity index (χ3n) is 3.55. The number of aromatic amines is 1. The molecule has 0 fully saturated rings. The number of nitrogens with zero attached hydrogens (tertiary/aromatic N) is 3. The van der Waals surface area contributed by atoms with Gasteiger partial charge in [0.05, 0.1) is 0 Å². The van der Waals surface area contributed by atoms with E-state index in [2.05, 4.69) is 19.9 Å². The second-order valence-electron chi connectivity index (χ2n) is 5.06. The first-order valence-corrected chi connectivity index (χ1v) is 6.97. The van der Waals surface area contributed by atoms with E-state index in [-0.39, 0.29) is 11.7 Å². The molecule has 1 aliphatic rings. The largest absolute Gasteiger partial charge is 0.492 e. The van der Waals surface area contributed by atoms with Gasteiger partial charge in [0.15, 0.2) is 5.82 Å². The molecule has 0 unspecified atom stereocenters. The van der Waals surface area contributed by atoms with Crippen LogP contribution >= 0.6 is 0 Å². The number of aromatic hydroxyl groups is 1. The Kier molecular flexibility index (Phi) is 3.01. The van der Waals surface area contributed by atoms with Crippen LogP contribution in [-0.4, -0.2) is 26.3 Å². The zero-order valence-electron chi connectivity index (χ0n) is 11.9. The molecule has 0 saturated carbocycles. The van der Waals surface area contributed by atoms with E-state index >= 15 is 0 Å². The van der Waals surface area contributed by atoms with Crippen LogP contribution in [0, 0.1) is 5.82 Å². The molecule has 3 aromatic rings. The Bertz CT molecular complexity index is 941. The molecule has 0 radical (unpaired) electrons. The van der Waals surface area contributed by atoms with Gasteiger partial charge < -0.3 is 10.1 Å². The fraction of sp³-hybridized carbons (Fsp3) is 0. The molecule has 1 aromatic carbocycles. The smallest absolute Gasteiger partial charge is 0.237 e. The molecular formula is C17H11FN4O. The first-order chi connectivity index (χ1) is 11.2. The van der Waals surface area contributed by atoms with Crippen molar-refractivity contribution in [2.24, 2.45) is 4.99 Å². The first kappa shape index (κ1) is 13.4. The Morgan fingerprint density at radius 2 is 1.96 bits per heavy atom. The molecule has 1 aliphatic heterocycles. The van der Waals surface area contributed by atoms with Crippen molar-refractivity contribution in [3.63, 3.8) is 0 Å². The van der Waals surface area contributed by atoms with Crippen molar-refractivity contribution in [1.29, 1.82) is 0 Å². The third-order valence-corrected chi connectivity index (χ3v) is 3.55. The summed E-state index contributed by atoms with van der Waals surface area (Å²) in [7, 11) is 0. The number of hydrogen-bond donors (Lipinski definition) is 2. The molecule has 112 valence electrons. The highest BCUT2D eigenvalue weighted by Gasteiger charge is 2.15. The maximum atomic E-state index is 13.0. The molecule has 0 atom stereocenters. The summed E-state index contributed by atoms with van der Waals surface area (Å²) in [4.78, 5) is 15.5. The van der Waals surface area contributed by atoms with Crippen LogP contribution < -0.4 is 0 Å². The van der Waals surface area contributed by atoms with Crippen molar-refractivity contribution in [3.8, 4) is 17.3 Å². The minimum absolute atomic E-state index is 0.123. The van der Waals surface area contributed by atoms with Gasteiger partial charge in [-0.2, -0.15) is 4.98 Å². The molecule has 5 nitrogen and oxygen atoms in total. The number of aliphatic imine (C=N–C) groups is 1. The number of rotatable bonds is 2. The Balaban J connectivity index is 1.73. The van der Waals surface area contributed by atoms with Gasteiger partial charge in [-0.15, -0.1) is 0 Å². The number of benzene rings is 1. The van der Waals surface area contributed by atoms with Crippen molar-refractivity contribution in [2.75, 3.05) is 0 Å². The molecule has 0 aliphatic carbocycles. The molecule has 6 heteroatoms. The second kappa shape index (κ2) is 5.17. The van der Waals surface area contributed by atoms with Gasteiger partial charge in [0.25, 0.3) is 0 Å². The number of allylic oxidation sites excluding steroid dienone is 1. The molecular weight excluding hydrogens is 295 g/mol. The molecule has 0 saturated heterocycles. The zero-order chi connectivity index (χ0) is 15.8. The lowest BCUT2D eigenvalue weighted by molar-refractivity contribution is 0.455. The molecule has 0 bridgehead atoms. The van der Waals surface area contributed by atoms with Crippen LogP contribution in [0.25, 0.3) is 23.0 Å². The van der Waals surface area contributed by atoms with E-state index in [0.717, 1.165) is 11.1 Å². The van der Waals surface area contributed by atoms with Crippen LogP contribution in [-0.2, 0) is 0 Å². The zero-order valence-corrected chi connectivity index (χ0v) is 11.9. The van der Waals surface area contributed by atoms with Gasteiger partial charge in [-0.1, -0.05) is 0 Å². The van der Waals surface area contributed by atoms with Gasteiger partial charge in [-0.25, -0.2) is 14.4 Å². The first-order valence-electron chi connectivity index (χ1n) is 6.97. The summed E-state index contributed by atoms with van der Waals surface area (Å²) in [6, 6.07) is 9.63. The van der Waals surface area contributed by atoms with Gasteiger partial charge in [0.2, 0.25) is 5.88 Å². The Hall–Kier alpha value is -3.28. The van der Waals surface area contributed by atoms with E-state index in [9.17, 15) is 9.50 Å². The van der Waals surface area contributed by atoms with Crippen molar-refractivity contribution in [2.45, 2.75) is 0 Å². The number of H-pyrrole nitrogens is 1. The van der Waals surface area contributed by atoms with Crippen molar-refractivity contribution in [1.82, 2.24) is 15.0 Å². The monoisotopic (exact) mass is 306 g/mol. The second-order valence-corrected chi connectivity index (χ2v) is 5.06. The summed E-state index contributed by atoms with van der Waals surface area (Å²) >= 11 is 0. The third kappa shape index (κ3) is 2.40. The van der Waals surface area contributed by atoms with Gasteiger partial charge in [0.1, 0.15) is 17.3 Å². The lowest BCUT2D eigenvalue weighted by Gasteiger charge is -1.97. The van der Waals surface area contributed by atoms with E-state index in [1.165, 1.54) is 12.1 Å². The molecule has 4 rings (SSSR count). The van der Waals surface area contributed by atoms with Gasteiger partial charge in [0, 0.05) is 29.1 Å². The highest BCUT2D eigenvalue weighted by atomic mass is 19.1. The van der Waals surface area contributed by atoms with Gasteiger partial charge in [-0.3, -0.25) is 0 Å². The van der Waals surface area contributed by atoms with Crippen LogP contribution in [0.3, 0.4) is 0 Å². The SMILES string of the molecule is Oc1nc(-c2ccc(F)cc2)[nH]c1/C=C1\C=Nc2ncccc21. The lowest BCUT2D eigenvalue weighted by Crippen LogP contribution is -1.83. The average Bonchev–Trinajstić information content (AvgIpc) is 3.13. The predicted molar refractivity (Wildman–Crippen MR) is 85.9 cm³/mol. The normalized spacial score (nSPS) is 14.4. The fourth-order valence-corrected chi connectivity index (χ4v) is 2.42. The van der Waals surface area contributed by atoms with E-state index < -0.39 is 0 Å². The maximum absolute atomic E-state index is 13.0. The van der Waals surface area contributed by atoms with E-state index in [0.29, 0.717) is 22.9 Å². The Morgan fingerprint density at radius 1 is 1.13 bits per heavy atom. The summed E-state index contributed by atoms with van der Waals surface area (Å²) < 4.78 is 13.0. The standard InChI is InChI=1S/C17H11FN4O/c18-12-5-3-10(4-6-12)15-21-14(17(23)22-15)8-11-9-20-16-13(11)2-1-7-19-16/h1-9,23H,(H,21,22)/b11-8+. The van der Waals surface area contributed by atoms with Crippen LogP contribution in [0.4, 0.5) is 10.2 Å². The van der Waals surface area contributed by atoms with Crippen LogP contribution in [0.1, 0.15) is 11.3 Å². The van der Waals surface area contributed by atoms with Crippen LogP contribution in [0.2, 0.25) is 0 Å². The topological polar surface area (TPSA) is 74.2 Å². The van der Waals surface area contributed by atoms with Crippen LogP contribution in [0.5, 0.6) is 5.88 Å². The molecule has 2 aromatic heterocycles. The number of hydrogen-bond acceptors (Lipinski definition) is 4. The summed E-state index contributed by atoms with van der Waals surface area (Å²) in [5.74, 6) is 0.674. The summed E-state index contributed by atoms with van der Waals surface area (Å²) in [6.45, 7) is 0. The summed E-state index contributed by atoms with van der Waals surface area (Å²) in [5.41, 5.74) is 2.87. The van der Waals surface area contributed by atoms with E-state index in [1.807, 2.05) is 12.1 Å². The van der Waals surface area contributed by atoms with Crippen molar-refractivity contribution < 1.29 is 9.50 Å². The molecule has 0 amide bonds. The Labute approximate surface area is 130 Å². The summed E-state index contributed by atoms with van der Waals surface area (Å²) in [5, 5.41) is 10.0. The minimum Gasteiger partial charge on any atom is -0.492 e. The highest BCUT2D eigenvalue weighted by Crippen LogP contribution is 2.32. The van der Waals surface area contributed by atoms with E-state index in [4.69, 9.17) is 0 Å². The highest BCUT2D eigenvalue weighted by molar-refractivity contribution is 6.20. The average molecular weight is 306 g/mol. The lowest BCUT2D eigenvalue weighted by atomic mass is 10.1. The Morgan fingerprint density at radius 3 is 2.78 bits per heavy atom. The molecule has 0 spiro atoms. The minimum atomic E-state index is -0.321. The quantitative estimate of drug-likeness (QED) is 0.760.